The van der Waals surface area contributed by atoms with E-state index in [2.05, 4.69) is 5.32 Å². The summed E-state index contributed by atoms with van der Waals surface area (Å²) in [5, 5.41) is 13.8. The Morgan fingerprint density at radius 2 is 2.17 bits per heavy atom. The van der Waals surface area contributed by atoms with Crippen molar-refractivity contribution in [1.82, 2.24) is 5.32 Å². The van der Waals surface area contributed by atoms with Gasteiger partial charge in [0, 0.05) is 6.07 Å². The minimum Gasteiger partial charge on any atom is -0.493 e. The fraction of sp³-hybridized carbons (Fsp3) is 0.500. The number of hydrogen-bond donors (Lipinski definition) is 1. The lowest BCUT2D eigenvalue weighted by molar-refractivity contribution is -0.385. The van der Waals surface area contributed by atoms with Crippen molar-refractivity contribution < 1.29 is 14.4 Å². The summed E-state index contributed by atoms with van der Waals surface area (Å²) < 4.78 is 10.6. The first-order chi connectivity index (χ1) is 8.69. The Balaban J connectivity index is 2.61. The van der Waals surface area contributed by atoms with Crippen LogP contribution in [0.3, 0.4) is 0 Å². The first kappa shape index (κ1) is 14.2. The third-order valence-electron chi connectivity index (χ3n) is 2.36. The first-order valence-electron chi connectivity index (χ1n) is 5.85. The number of nitrogens with one attached hydrogen (secondary N) is 1. The zero-order valence-corrected chi connectivity index (χ0v) is 10.6. The maximum atomic E-state index is 10.7. The van der Waals surface area contributed by atoms with Gasteiger partial charge < -0.3 is 14.8 Å². The molecule has 1 aromatic rings. The van der Waals surface area contributed by atoms with E-state index in [1.165, 1.54) is 25.3 Å². The summed E-state index contributed by atoms with van der Waals surface area (Å²) in [7, 11) is 1.51. The van der Waals surface area contributed by atoms with E-state index in [0.29, 0.717) is 18.1 Å². The van der Waals surface area contributed by atoms with Crippen molar-refractivity contribution in [1.29, 1.82) is 0 Å². The number of nitro groups is 1. The minimum absolute atomic E-state index is 0.00233. The quantitative estimate of drug-likeness (QED) is 0.436. The van der Waals surface area contributed by atoms with Crippen LogP contribution in [-0.2, 0) is 0 Å². The van der Waals surface area contributed by atoms with Gasteiger partial charge in [0.15, 0.2) is 11.5 Å². The Bertz CT molecular complexity index is 396. The predicted molar refractivity (Wildman–Crippen MR) is 68.3 cm³/mol. The molecule has 0 aliphatic heterocycles. The van der Waals surface area contributed by atoms with Crippen LogP contribution in [0.4, 0.5) is 5.69 Å². The first-order valence-corrected chi connectivity index (χ1v) is 5.85. The van der Waals surface area contributed by atoms with Gasteiger partial charge in [-0.3, -0.25) is 10.1 Å². The SMILES string of the molecule is CCNCCCOc1cc([N+](=O)[O-])ccc1OC. The maximum Gasteiger partial charge on any atom is 0.273 e. The van der Waals surface area contributed by atoms with Gasteiger partial charge >= 0.3 is 0 Å². The van der Waals surface area contributed by atoms with Crippen LogP contribution >= 0.6 is 0 Å². The monoisotopic (exact) mass is 254 g/mol. The standard InChI is InChI=1S/C12H18N2O4/c1-3-13-7-4-8-18-12-9-10(14(15)16)5-6-11(12)17-2/h5-6,9,13H,3-4,7-8H2,1-2H3. The minimum atomic E-state index is -0.453. The number of ether oxygens (including phenoxy) is 2. The summed E-state index contributed by atoms with van der Waals surface area (Å²) in [5.41, 5.74) is -0.00233. The number of rotatable bonds is 8. The van der Waals surface area contributed by atoms with E-state index < -0.39 is 4.92 Å². The van der Waals surface area contributed by atoms with Crippen LogP contribution in [0.25, 0.3) is 0 Å². The van der Waals surface area contributed by atoms with Crippen molar-refractivity contribution in [2.75, 3.05) is 26.8 Å². The van der Waals surface area contributed by atoms with Gasteiger partial charge in [0.1, 0.15) is 0 Å². The number of methoxy groups -OCH3 is 1. The Kier molecular flexibility index (Phi) is 5.93. The smallest absolute Gasteiger partial charge is 0.273 e. The van der Waals surface area contributed by atoms with Crippen LogP contribution in [-0.4, -0.2) is 31.7 Å². The number of nitro benzene ring substituents is 1. The Morgan fingerprint density at radius 3 is 2.78 bits per heavy atom. The highest BCUT2D eigenvalue weighted by Gasteiger charge is 2.12. The summed E-state index contributed by atoms with van der Waals surface area (Å²) in [4.78, 5) is 10.2. The molecule has 6 nitrogen and oxygen atoms in total. The van der Waals surface area contributed by atoms with Crippen molar-refractivity contribution in [3.05, 3.63) is 28.3 Å². The molecule has 0 heterocycles. The Labute approximate surface area is 106 Å². The van der Waals surface area contributed by atoms with E-state index in [1.807, 2.05) is 6.92 Å². The van der Waals surface area contributed by atoms with Gasteiger partial charge in [-0.25, -0.2) is 0 Å². The van der Waals surface area contributed by atoms with E-state index in [-0.39, 0.29) is 5.69 Å². The van der Waals surface area contributed by atoms with Crippen LogP contribution in [0, 0.1) is 10.1 Å². The molecular weight excluding hydrogens is 236 g/mol. The van der Waals surface area contributed by atoms with Gasteiger partial charge in [-0.05, 0) is 25.6 Å². The molecule has 18 heavy (non-hydrogen) atoms. The Morgan fingerprint density at radius 1 is 1.39 bits per heavy atom. The number of non-ortho nitro benzene ring substituents is 1. The lowest BCUT2D eigenvalue weighted by Gasteiger charge is -2.10. The fourth-order valence-corrected chi connectivity index (χ4v) is 1.45. The van der Waals surface area contributed by atoms with Crippen LogP contribution < -0.4 is 14.8 Å². The molecule has 100 valence electrons. The van der Waals surface area contributed by atoms with E-state index in [0.717, 1.165) is 19.5 Å². The van der Waals surface area contributed by atoms with Crippen LogP contribution in [0.5, 0.6) is 11.5 Å². The highest BCUT2D eigenvalue weighted by Crippen LogP contribution is 2.31. The molecule has 0 amide bonds. The van der Waals surface area contributed by atoms with Crippen LogP contribution in [0.1, 0.15) is 13.3 Å². The zero-order chi connectivity index (χ0) is 13.4. The highest BCUT2D eigenvalue weighted by atomic mass is 16.6. The second-order valence-electron chi connectivity index (χ2n) is 3.65. The third-order valence-corrected chi connectivity index (χ3v) is 2.36. The fourth-order valence-electron chi connectivity index (χ4n) is 1.45. The summed E-state index contributed by atoms with van der Waals surface area (Å²) in [6.07, 6.45) is 0.833. The Hall–Kier alpha value is -1.82. The molecule has 0 aromatic heterocycles. The molecule has 1 aromatic carbocycles. The second kappa shape index (κ2) is 7.50. The molecule has 6 heteroatoms. The predicted octanol–water partition coefficient (Wildman–Crippen LogP) is 1.98. The summed E-state index contributed by atoms with van der Waals surface area (Å²) in [6.45, 7) is 4.29. The molecular formula is C12H18N2O4. The average Bonchev–Trinajstić information content (AvgIpc) is 2.38. The van der Waals surface area contributed by atoms with E-state index in [4.69, 9.17) is 9.47 Å². The summed E-state index contributed by atoms with van der Waals surface area (Å²) >= 11 is 0. The largest absolute Gasteiger partial charge is 0.493 e. The molecule has 0 atom stereocenters. The lowest BCUT2D eigenvalue weighted by atomic mass is 10.3. The molecule has 1 N–H and O–H groups in total. The van der Waals surface area contributed by atoms with Crippen LogP contribution in [0.15, 0.2) is 18.2 Å². The van der Waals surface area contributed by atoms with E-state index >= 15 is 0 Å². The van der Waals surface area contributed by atoms with Crippen molar-refractivity contribution in [2.45, 2.75) is 13.3 Å². The molecule has 0 unspecified atom stereocenters. The lowest BCUT2D eigenvalue weighted by Crippen LogP contribution is -2.16. The average molecular weight is 254 g/mol. The van der Waals surface area contributed by atoms with Gasteiger partial charge in [-0.15, -0.1) is 0 Å². The summed E-state index contributed by atoms with van der Waals surface area (Å²) in [5.74, 6) is 0.909. The zero-order valence-electron chi connectivity index (χ0n) is 10.6. The molecule has 0 fully saturated rings. The van der Waals surface area contributed by atoms with Gasteiger partial charge in [0.25, 0.3) is 5.69 Å². The van der Waals surface area contributed by atoms with Crippen molar-refractivity contribution in [3.8, 4) is 11.5 Å². The molecule has 0 aliphatic carbocycles. The number of nitrogens with zero attached hydrogens (tertiary/aromatic N) is 1. The number of benzene rings is 1. The molecule has 1 rings (SSSR count). The van der Waals surface area contributed by atoms with Crippen LogP contribution in [0.2, 0.25) is 0 Å². The van der Waals surface area contributed by atoms with E-state index in [1.54, 1.807) is 0 Å². The number of hydrogen-bond acceptors (Lipinski definition) is 5. The van der Waals surface area contributed by atoms with Gasteiger partial charge in [-0.2, -0.15) is 0 Å². The normalized spacial score (nSPS) is 10.1. The van der Waals surface area contributed by atoms with Crippen molar-refractivity contribution in [2.24, 2.45) is 0 Å². The topological polar surface area (TPSA) is 73.6 Å². The second-order valence-corrected chi connectivity index (χ2v) is 3.65. The molecule has 0 bridgehead atoms. The molecule has 0 radical (unpaired) electrons. The van der Waals surface area contributed by atoms with Gasteiger partial charge in [0.2, 0.25) is 0 Å². The van der Waals surface area contributed by atoms with Crippen molar-refractivity contribution in [3.63, 3.8) is 0 Å². The summed E-state index contributed by atoms with van der Waals surface area (Å²) in [6, 6.07) is 4.31. The van der Waals surface area contributed by atoms with Gasteiger partial charge in [0.05, 0.1) is 24.7 Å². The molecule has 0 saturated heterocycles. The molecule has 0 saturated carbocycles. The molecule has 0 aliphatic rings. The van der Waals surface area contributed by atoms with Crippen molar-refractivity contribution >= 4 is 5.69 Å². The molecule has 0 spiro atoms. The van der Waals surface area contributed by atoms with Gasteiger partial charge in [-0.1, -0.05) is 6.92 Å². The highest BCUT2D eigenvalue weighted by molar-refractivity contribution is 5.48. The maximum absolute atomic E-state index is 10.7. The van der Waals surface area contributed by atoms with E-state index in [9.17, 15) is 10.1 Å². The third kappa shape index (κ3) is 4.21.